The van der Waals surface area contributed by atoms with Crippen LogP contribution in [0.2, 0.25) is 0 Å². The Hall–Kier alpha value is -3.63. The van der Waals surface area contributed by atoms with Crippen molar-refractivity contribution in [2.75, 3.05) is 28.2 Å². The number of aromatic nitrogens is 4. The van der Waals surface area contributed by atoms with Gasteiger partial charge in [-0.15, -0.1) is 0 Å². The summed E-state index contributed by atoms with van der Waals surface area (Å²) in [5, 5.41) is 7.41. The van der Waals surface area contributed by atoms with Crippen molar-refractivity contribution >= 4 is 23.4 Å². The van der Waals surface area contributed by atoms with E-state index < -0.39 is 17.5 Å². The van der Waals surface area contributed by atoms with E-state index in [-0.39, 0.29) is 24.1 Å². The molecule has 2 aliphatic heterocycles. The molecule has 0 bridgehead atoms. The van der Waals surface area contributed by atoms with Crippen LogP contribution in [0.1, 0.15) is 43.7 Å². The number of amides is 1. The molecule has 184 valence electrons. The summed E-state index contributed by atoms with van der Waals surface area (Å²) in [5.41, 5.74) is 1.81. The van der Waals surface area contributed by atoms with Crippen LogP contribution in [-0.2, 0) is 17.9 Å². The van der Waals surface area contributed by atoms with Crippen LogP contribution in [0, 0.1) is 17.5 Å². The topological polar surface area (TPSA) is 79.2 Å². The zero-order valence-electron chi connectivity index (χ0n) is 19.3. The van der Waals surface area contributed by atoms with Crippen molar-refractivity contribution in [2.45, 2.75) is 51.7 Å². The Morgan fingerprint density at radius 3 is 2.66 bits per heavy atom. The predicted molar refractivity (Wildman–Crippen MR) is 125 cm³/mol. The molecule has 1 saturated heterocycles. The van der Waals surface area contributed by atoms with Gasteiger partial charge in [0.15, 0.2) is 23.3 Å². The molecule has 0 aliphatic carbocycles. The molecule has 2 aliphatic rings. The molecule has 35 heavy (non-hydrogen) atoms. The van der Waals surface area contributed by atoms with Crippen LogP contribution < -0.4 is 15.1 Å². The molecule has 11 heteroatoms. The molecule has 0 radical (unpaired) electrons. The fourth-order valence-electron chi connectivity index (χ4n) is 4.75. The van der Waals surface area contributed by atoms with Gasteiger partial charge in [0, 0.05) is 31.4 Å². The van der Waals surface area contributed by atoms with Gasteiger partial charge in [-0.1, -0.05) is 12.8 Å². The van der Waals surface area contributed by atoms with E-state index in [0.717, 1.165) is 61.4 Å². The molecule has 0 saturated carbocycles. The Morgan fingerprint density at radius 2 is 1.89 bits per heavy atom. The van der Waals surface area contributed by atoms with Crippen molar-refractivity contribution in [1.82, 2.24) is 19.7 Å². The van der Waals surface area contributed by atoms with Crippen molar-refractivity contribution in [1.29, 1.82) is 0 Å². The summed E-state index contributed by atoms with van der Waals surface area (Å²) in [6.45, 7) is 3.78. The van der Waals surface area contributed by atoms with E-state index in [1.54, 1.807) is 23.5 Å². The lowest BCUT2D eigenvalue weighted by molar-refractivity contribution is -0.120. The number of benzene rings is 1. The third-order valence-electron chi connectivity index (χ3n) is 6.46. The Kier molecular flexibility index (Phi) is 6.31. The minimum absolute atomic E-state index is 0.0979. The van der Waals surface area contributed by atoms with E-state index in [0.29, 0.717) is 19.0 Å². The number of likely N-dealkylation sites (N-methyl/N-ethyl adjacent to an activating group) is 1. The quantitative estimate of drug-likeness (QED) is 0.534. The van der Waals surface area contributed by atoms with Gasteiger partial charge in [-0.3, -0.25) is 9.48 Å². The number of hydrogen-bond acceptors (Lipinski definition) is 6. The summed E-state index contributed by atoms with van der Waals surface area (Å²) >= 11 is 0. The summed E-state index contributed by atoms with van der Waals surface area (Å²) in [6, 6.07) is 1.73. The molecule has 2 aromatic heterocycles. The van der Waals surface area contributed by atoms with Gasteiger partial charge in [0.2, 0.25) is 11.9 Å². The maximum Gasteiger partial charge on any atom is 0.249 e. The molecule has 1 aromatic carbocycles. The van der Waals surface area contributed by atoms with Gasteiger partial charge in [-0.05, 0) is 37.5 Å². The normalized spacial score (nSPS) is 17.7. The fourth-order valence-corrected chi connectivity index (χ4v) is 4.75. The van der Waals surface area contributed by atoms with Crippen LogP contribution in [0.15, 0.2) is 30.7 Å². The summed E-state index contributed by atoms with van der Waals surface area (Å²) in [6.07, 6.45) is 9.01. The Balaban J connectivity index is 1.30. The summed E-state index contributed by atoms with van der Waals surface area (Å²) in [4.78, 5) is 26.1. The zero-order valence-corrected chi connectivity index (χ0v) is 19.3. The molecule has 0 spiro atoms. The maximum atomic E-state index is 13.5. The molecule has 1 atom stereocenters. The van der Waals surface area contributed by atoms with Gasteiger partial charge < -0.3 is 15.1 Å². The van der Waals surface area contributed by atoms with Gasteiger partial charge in [0.1, 0.15) is 11.7 Å². The third kappa shape index (κ3) is 4.54. The van der Waals surface area contributed by atoms with Crippen LogP contribution in [0.4, 0.5) is 30.6 Å². The zero-order chi connectivity index (χ0) is 24.5. The van der Waals surface area contributed by atoms with E-state index in [4.69, 9.17) is 4.98 Å². The molecule has 4 heterocycles. The highest BCUT2D eigenvalue weighted by Gasteiger charge is 2.39. The van der Waals surface area contributed by atoms with Crippen molar-refractivity contribution in [2.24, 2.45) is 0 Å². The monoisotopic (exact) mass is 485 g/mol. The van der Waals surface area contributed by atoms with E-state index in [9.17, 15) is 18.0 Å². The SMILES string of the molecule is CCN1C(=O)C2CCCCCN2c2nc(NCc3cnn(Cc4cc(F)c(F)c(F)c4)c3)ncc21. The average molecular weight is 486 g/mol. The number of carbonyl (C=O) groups excluding carboxylic acids is 1. The van der Waals surface area contributed by atoms with Gasteiger partial charge in [0.05, 0.1) is 18.9 Å². The third-order valence-corrected chi connectivity index (χ3v) is 6.46. The van der Waals surface area contributed by atoms with Crippen LogP contribution in [-0.4, -0.2) is 44.8 Å². The van der Waals surface area contributed by atoms with Gasteiger partial charge >= 0.3 is 0 Å². The molecule has 3 aromatic rings. The highest BCUT2D eigenvalue weighted by Crippen LogP contribution is 2.37. The maximum absolute atomic E-state index is 13.5. The van der Waals surface area contributed by atoms with Crippen LogP contribution in [0.25, 0.3) is 0 Å². The number of nitrogens with one attached hydrogen (secondary N) is 1. The largest absolute Gasteiger partial charge is 0.350 e. The summed E-state index contributed by atoms with van der Waals surface area (Å²) < 4.78 is 41.7. The minimum atomic E-state index is -1.48. The van der Waals surface area contributed by atoms with E-state index in [1.807, 2.05) is 6.92 Å². The van der Waals surface area contributed by atoms with Crippen molar-refractivity contribution < 1.29 is 18.0 Å². The molecule has 1 fully saturated rings. The van der Waals surface area contributed by atoms with Crippen LogP contribution in [0.5, 0.6) is 0 Å². The number of carbonyl (C=O) groups is 1. The molecule has 5 rings (SSSR count). The van der Waals surface area contributed by atoms with Crippen molar-refractivity contribution in [3.8, 4) is 0 Å². The molecule has 8 nitrogen and oxygen atoms in total. The van der Waals surface area contributed by atoms with E-state index in [1.165, 1.54) is 4.68 Å². The molecular weight excluding hydrogens is 459 g/mol. The molecule has 1 N–H and O–H groups in total. The minimum Gasteiger partial charge on any atom is -0.350 e. The van der Waals surface area contributed by atoms with Gasteiger partial charge in [-0.25, -0.2) is 18.2 Å². The standard InChI is InChI=1S/C24H26F3N7O/c1-2-33-20-12-29-24(31-22(20)34-7-5-3-4-6-19(34)23(33)35)28-10-16-11-30-32(14-16)13-15-8-17(25)21(27)18(26)9-15/h8-9,11-12,14,19H,2-7,10,13H2,1H3,(H,28,29,31). The lowest BCUT2D eigenvalue weighted by Gasteiger charge is -2.40. The summed E-state index contributed by atoms with van der Waals surface area (Å²) in [7, 11) is 0. The molecule has 1 unspecified atom stereocenters. The predicted octanol–water partition coefficient (Wildman–Crippen LogP) is 3.87. The second kappa shape index (κ2) is 9.55. The first-order valence-electron chi connectivity index (χ1n) is 11.8. The van der Waals surface area contributed by atoms with Gasteiger partial charge in [-0.2, -0.15) is 10.1 Å². The lowest BCUT2D eigenvalue weighted by atomic mass is 10.1. The van der Waals surface area contributed by atoms with Crippen molar-refractivity contribution in [3.63, 3.8) is 0 Å². The first-order valence-corrected chi connectivity index (χ1v) is 11.8. The number of hydrogen-bond donors (Lipinski definition) is 1. The smallest absolute Gasteiger partial charge is 0.249 e. The first kappa shape index (κ1) is 23.1. The summed E-state index contributed by atoms with van der Waals surface area (Å²) in [5.74, 6) is -2.62. The Morgan fingerprint density at radius 1 is 1.09 bits per heavy atom. The highest BCUT2D eigenvalue weighted by atomic mass is 19.2. The fraction of sp³-hybridized carbons (Fsp3) is 0.417. The second-order valence-electron chi connectivity index (χ2n) is 8.82. The lowest BCUT2D eigenvalue weighted by Crippen LogP contribution is -2.53. The van der Waals surface area contributed by atoms with Crippen LogP contribution >= 0.6 is 0 Å². The number of nitrogens with zero attached hydrogens (tertiary/aromatic N) is 6. The van der Waals surface area contributed by atoms with E-state index >= 15 is 0 Å². The molecule has 1 amide bonds. The van der Waals surface area contributed by atoms with Crippen molar-refractivity contribution in [3.05, 3.63) is 59.3 Å². The average Bonchev–Trinajstić information content (AvgIpc) is 3.14. The van der Waals surface area contributed by atoms with Crippen LogP contribution in [0.3, 0.4) is 0 Å². The Labute approximate surface area is 200 Å². The highest BCUT2D eigenvalue weighted by molar-refractivity contribution is 6.04. The molecular formula is C24H26F3N7O. The van der Waals surface area contributed by atoms with Gasteiger partial charge in [0.25, 0.3) is 0 Å². The number of anilines is 3. The number of rotatable bonds is 6. The first-order chi connectivity index (χ1) is 16.9. The van der Waals surface area contributed by atoms with E-state index in [2.05, 4.69) is 20.3 Å². The Bertz CT molecular complexity index is 1220. The second-order valence-corrected chi connectivity index (χ2v) is 8.82. The number of fused-ring (bicyclic) bond motifs is 3. The number of halogens is 3.